The zero-order valence-electron chi connectivity index (χ0n) is 11.7. The predicted molar refractivity (Wildman–Crippen MR) is 78.9 cm³/mol. The number of nitrogens with one attached hydrogen (secondary N) is 1. The van der Waals surface area contributed by atoms with E-state index in [2.05, 4.69) is 37.2 Å². The van der Waals surface area contributed by atoms with E-state index in [1.165, 1.54) is 12.8 Å². The first-order chi connectivity index (χ1) is 8.17. The molecule has 0 radical (unpaired) electrons. The molecule has 1 fully saturated rings. The van der Waals surface area contributed by atoms with E-state index in [4.69, 9.17) is 4.99 Å². The summed E-state index contributed by atoms with van der Waals surface area (Å²) < 4.78 is 0. The lowest BCUT2D eigenvalue weighted by Crippen LogP contribution is -2.46. The second-order valence-electron chi connectivity index (χ2n) is 4.93. The summed E-state index contributed by atoms with van der Waals surface area (Å²) in [6.45, 7) is 10.9. The van der Waals surface area contributed by atoms with Crippen LogP contribution in [0, 0.1) is 5.92 Å². The van der Waals surface area contributed by atoms with Crippen LogP contribution in [-0.2, 0) is 0 Å². The van der Waals surface area contributed by atoms with Crippen LogP contribution in [0.4, 0.5) is 0 Å². The van der Waals surface area contributed by atoms with Crippen molar-refractivity contribution in [2.75, 3.05) is 32.4 Å². The molecule has 1 aliphatic rings. The van der Waals surface area contributed by atoms with E-state index >= 15 is 0 Å². The highest BCUT2D eigenvalue weighted by Gasteiger charge is 2.19. The molecule has 0 aliphatic carbocycles. The van der Waals surface area contributed by atoms with Gasteiger partial charge in [0, 0.05) is 24.9 Å². The summed E-state index contributed by atoms with van der Waals surface area (Å²) in [6, 6.07) is 0. The highest BCUT2D eigenvalue weighted by atomic mass is 32.2. The molecule has 0 aromatic rings. The topological polar surface area (TPSA) is 27.6 Å². The summed E-state index contributed by atoms with van der Waals surface area (Å²) in [5, 5.41) is 4.02. The smallest absolute Gasteiger partial charge is 0.193 e. The molecule has 1 heterocycles. The van der Waals surface area contributed by atoms with Crippen LogP contribution in [0.3, 0.4) is 0 Å². The molecule has 0 aromatic heterocycles. The molecular weight excluding hydrogens is 230 g/mol. The summed E-state index contributed by atoms with van der Waals surface area (Å²) in [4.78, 5) is 7.17. The van der Waals surface area contributed by atoms with Gasteiger partial charge in [-0.25, -0.2) is 0 Å². The third kappa shape index (κ3) is 5.19. The minimum Gasteiger partial charge on any atom is -0.357 e. The summed E-state index contributed by atoms with van der Waals surface area (Å²) in [5.41, 5.74) is 0. The molecule has 2 unspecified atom stereocenters. The number of hydrogen-bond donors (Lipinski definition) is 1. The molecule has 3 nitrogen and oxygen atoms in total. The van der Waals surface area contributed by atoms with E-state index in [1.54, 1.807) is 0 Å². The fourth-order valence-corrected chi connectivity index (χ4v) is 2.32. The van der Waals surface area contributed by atoms with Gasteiger partial charge in [-0.3, -0.25) is 4.99 Å². The van der Waals surface area contributed by atoms with Crippen LogP contribution in [0.2, 0.25) is 0 Å². The molecule has 100 valence electrons. The van der Waals surface area contributed by atoms with Gasteiger partial charge in [-0.1, -0.05) is 13.8 Å². The Morgan fingerprint density at radius 1 is 1.59 bits per heavy atom. The Balaban J connectivity index is 2.56. The molecule has 17 heavy (non-hydrogen) atoms. The maximum atomic E-state index is 4.75. The van der Waals surface area contributed by atoms with Gasteiger partial charge in [-0.05, 0) is 31.9 Å². The first-order valence-electron chi connectivity index (χ1n) is 6.73. The van der Waals surface area contributed by atoms with E-state index in [1.807, 2.05) is 11.8 Å². The molecule has 1 N–H and O–H groups in total. The summed E-state index contributed by atoms with van der Waals surface area (Å²) in [6.07, 6.45) is 4.80. The van der Waals surface area contributed by atoms with Crippen molar-refractivity contribution >= 4 is 17.7 Å². The maximum Gasteiger partial charge on any atom is 0.193 e. The summed E-state index contributed by atoms with van der Waals surface area (Å²) in [5.74, 6) is 1.91. The van der Waals surface area contributed by atoms with Crippen molar-refractivity contribution in [3.8, 4) is 0 Å². The second-order valence-corrected chi connectivity index (χ2v) is 6.21. The molecule has 0 spiro atoms. The normalized spacial score (nSPS) is 23.6. The second kappa shape index (κ2) is 7.85. The number of piperidine rings is 1. The SMILES string of the molecule is CCNC(=NCC(C)SC)N1CCCC(C)C1. The van der Waals surface area contributed by atoms with Gasteiger partial charge in [-0.2, -0.15) is 11.8 Å². The third-order valence-electron chi connectivity index (χ3n) is 3.19. The first kappa shape index (κ1) is 14.7. The van der Waals surface area contributed by atoms with Crippen LogP contribution in [-0.4, -0.2) is 48.5 Å². The first-order valence-corrected chi connectivity index (χ1v) is 8.02. The lowest BCUT2D eigenvalue weighted by atomic mass is 10.0. The van der Waals surface area contributed by atoms with Crippen molar-refractivity contribution < 1.29 is 0 Å². The van der Waals surface area contributed by atoms with Crippen LogP contribution < -0.4 is 5.32 Å². The van der Waals surface area contributed by atoms with Crippen LogP contribution in [0.5, 0.6) is 0 Å². The Hall–Kier alpha value is -0.380. The third-order valence-corrected chi connectivity index (χ3v) is 4.15. The van der Waals surface area contributed by atoms with Crippen molar-refractivity contribution in [3.05, 3.63) is 0 Å². The maximum absolute atomic E-state index is 4.75. The molecule has 0 amide bonds. The number of nitrogens with zero attached hydrogens (tertiary/aromatic N) is 2. The van der Waals surface area contributed by atoms with Crippen molar-refractivity contribution in [1.29, 1.82) is 0 Å². The molecule has 4 heteroatoms. The largest absolute Gasteiger partial charge is 0.357 e. The van der Waals surface area contributed by atoms with Crippen LogP contribution in [0.1, 0.15) is 33.6 Å². The van der Waals surface area contributed by atoms with E-state index < -0.39 is 0 Å². The highest BCUT2D eigenvalue weighted by Crippen LogP contribution is 2.15. The fraction of sp³-hybridized carbons (Fsp3) is 0.923. The minimum atomic E-state index is 0.603. The molecule has 0 bridgehead atoms. The standard InChI is InChI=1S/C13H27N3S/c1-5-14-13(15-9-12(3)17-4)16-8-6-7-11(2)10-16/h11-12H,5-10H2,1-4H3,(H,14,15). The molecule has 2 atom stereocenters. The molecule has 1 aliphatic heterocycles. The lowest BCUT2D eigenvalue weighted by molar-refractivity contribution is 0.266. The van der Waals surface area contributed by atoms with Gasteiger partial charge in [0.25, 0.3) is 0 Å². The van der Waals surface area contributed by atoms with E-state index in [0.29, 0.717) is 5.25 Å². The molecule has 0 saturated carbocycles. The number of hydrogen-bond acceptors (Lipinski definition) is 2. The highest BCUT2D eigenvalue weighted by molar-refractivity contribution is 7.99. The Morgan fingerprint density at radius 2 is 2.35 bits per heavy atom. The average molecular weight is 257 g/mol. The fourth-order valence-electron chi connectivity index (χ4n) is 2.10. The number of rotatable bonds is 4. The van der Waals surface area contributed by atoms with Crippen LogP contribution >= 0.6 is 11.8 Å². The Kier molecular flexibility index (Phi) is 6.78. The summed E-state index contributed by atoms with van der Waals surface area (Å²) >= 11 is 1.88. The van der Waals surface area contributed by atoms with Crippen molar-refractivity contribution in [2.24, 2.45) is 10.9 Å². The van der Waals surface area contributed by atoms with Gasteiger partial charge in [0.1, 0.15) is 0 Å². The minimum absolute atomic E-state index is 0.603. The summed E-state index contributed by atoms with van der Waals surface area (Å²) in [7, 11) is 0. The van der Waals surface area contributed by atoms with Gasteiger partial charge >= 0.3 is 0 Å². The van der Waals surface area contributed by atoms with Crippen LogP contribution in [0.15, 0.2) is 4.99 Å². The molecule has 1 saturated heterocycles. The number of aliphatic imine (C=N–C) groups is 1. The zero-order valence-corrected chi connectivity index (χ0v) is 12.5. The molecular formula is C13H27N3S. The van der Waals surface area contributed by atoms with E-state index in [0.717, 1.165) is 38.1 Å². The Labute approximate surface area is 110 Å². The number of guanidine groups is 1. The number of likely N-dealkylation sites (tertiary alicyclic amines) is 1. The van der Waals surface area contributed by atoms with Gasteiger partial charge in [0.2, 0.25) is 0 Å². The zero-order chi connectivity index (χ0) is 12.7. The van der Waals surface area contributed by atoms with Crippen molar-refractivity contribution in [2.45, 2.75) is 38.9 Å². The average Bonchev–Trinajstić information content (AvgIpc) is 2.34. The Bertz CT molecular complexity index is 243. The number of thioether (sulfide) groups is 1. The van der Waals surface area contributed by atoms with Crippen LogP contribution in [0.25, 0.3) is 0 Å². The van der Waals surface area contributed by atoms with Gasteiger partial charge in [0.05, 0.1) is 6.54 Å². The van der Waals surface area contributed by atoms with Crippen molar-refractivity contribution in [1.82, 2.24) is 10.2 Å². The van der Waals surface area contributed by atoms with E-state index in [-0.39, 0.29) is 0 Å². The predicted octanol–water partition coefficient (Wildman–Crippen LogP) is 2.44. The lowest BCUT2D eigenvalue weighted by Gasteiger charge is -2.33. The quantitative estimate of drug-likeness (QED) is 0.619. The van der Waals surface area contributed by atoms with Gasteiger partial charge in [0.15, 0.2) is 5.96 Å². The molecule has 1 rings (SSSR count). The molecule has 0 aromatic carbocycles. The monoisotopic (exact) mass is 257 g/mol. The van der Waals surface area contributed by atoms with E-state index in [9.17, 15) is 0 Å². The van der Waals surface area contributed by atoms with Gasteiger partial charge in [-0.15, -0.1) is 0 Å². The van der Waals surface area contributed by atoms with Gasteiger partial charge < -0.3 is 10.2 Å². The Morgan fingerprint density at radius 3 is 2.94 bits per heavy atom. The van der Waals surface area contributed by atoms with Crippen molar-refractivity contribution in [3.63, 3.8) is 0 Å².